The molecule has 1 saturated heterocycles. The van der Waals surface area contributed by atoms with Crippen molar-refractivity contribution in [1.82, 2.24) is 14.8 Å². The minimum absolute atomic E-state index is 0.325. The molecular weight excluding hydrogens is 278 g/mol. The van der Waals surface area contributed by atoms with Crippen molar-refractivity contribution in [2.45, 2.75) is 32.2 Å². The first kappa shape index (κ1) is 16.2. The lowest BCUT2D eigenvalue weighted by atomic mass is 10.2. The fourth-order valence-corrected chi connectivity index (χ4v) is 2.61. The van der Waals surface area contributed by atoms with E-state index in [1.807, 2.05) is 18.2 Å². The monoisotopic (exact) mass is 301 g/mol. The lowest BCUT2D eigenvalue weighted by Gasteiger charge is -2.25. The van der Waals surface area contributed by atoms with E-state index in [1.165, 1.54) is 4.90 Å². The van der Waals surface area contributed by atoms with E-state index in [4.69, 9.17) is 0 Å². The number of rotatable bonds is 4. The number of pyridine rings is 1. The van der Waals surface area contributed by atoms with Crippen LogP contribution >= 0.6 is 0 Å². The lowest BCUT2D eigenvalue weighted by Crippen LogP contribution is -2.45. The molecular formula is C17H23N3O2. The number of aromatic nitrogens is 1. The highest BCUT2D eigenvalue weighted by Crippen LogP contribution is 2.11. The molecule has 1 fully saturated rings. The molecule has 1 aliphatic heterocycles. The van der Waals surface area contributed by atoms with E-state index in [0.29, 0.717) is 26.2 Å². The summed E-state index contributed by atoms with van der Waals surface area (Å²) in [4.78, 5) is 32.3. The molecule has 1 aromatic rings. The summed E-state index contributed by atoms with van der Waals surface area (Å²) >= 11 is 0. The van der Waals surface area contributed by atoms with E-state index in [1.54, 1.807) is 17.2 Å². The molecule has 0 N–H and O–H groups in total. The first-order valence-electron chi connectivity index (χ1n) is 7.81. The van der Waals surface area contributed by atoms with Crippen LogP contribution in [0.5, 0.6) is 0 Å². The summed E-state index contributed by atoms with van der Waals surface area (Å²) in [6, 6.07) is 5.54. The highest BCUT2D eigenvalue weighted by Gasteiger charge is 2.27. The Morgan fingerprint density at radius 1 is 1.23 bits per heavy atom. The maximum absolute atomic E-state index is 12.5. The molecule has 0 saturated carbocycles. The molecule has 0 aromatic carbocycles. The molecule has 22 heavy (non-hydrogen) atoms. The van der Waals surface area contributed by atoms with Crippen molar-refractivity contribution >= 4 is 11.8 Å². The second-order valence-corrected chi connectivity index (χ2v) is 5.50. The Bertz CT molecular complexity index is 508. The van der Waals surface area contributed by atoms with Gasteiger partial charge in [-0.05, 0) is 25.0 Å². The van der Waals surface area contributed by atoms with Crippen molar-refractivity contribution in [2.24, 2.45) is 0 Å². The molecule has 2 heterocycles. The molecule has 1 aromatic heterocycles. The van der Waals surface area contributed by atoms with Gasteiger partial charge in [-0.25, -0.2) is 0 Å². The maximum atomic E-state index is 12.5. The Morgan fingerprint density at radius 3 is 2.55 bits per heavy atom. The molecule has 118 valence electrons. The minimum atomic E-state index is -0.465. The number of carbonyl (C=O) groups is 2. The third-order valence-corrected chi connectivity index (χ3v) is 3.79. The van der Waals surface area contributed by atoms with Gasteiger partial charge < -0.3 is 9.80 Å². The van der Waals surface area contributed by atoms with Gasteiger partial charge in [-0.1, -0.05) is 25.0 Å². The van der Waals surface area contributed by atoms with Crippen LogP contribution in [0.3, 0.4) is 0 Å². The Hall–Kier alpha value is -2.17. The fraction of sp³-hybridized carbons (Fsp3) is 0.471. The largest absolute Gasteiger partial charge is 0.334 e. The van der Waals surface area contributed by atoms with Gasteiger partial charge >= 0.3 is 11.8 Å². The first-order valence-corrected chi connectivity index (χ1v) is 7.81. The van der Waals surface area contributed by atoms with Crippen molar-refractivity contribution in [3.63, 3.8) is 0 Å². The van der Waals surface area contributed by atoms with Gasteiger partial charge in [0.1, 0.15) is 0 Å². The average Bonchev–Trinajstić information content (AvgIpc) is 2.83. The zero-order chi connectivity index (χ0) is 15.8. The minimum Gasteiger partial charge on any atom is -0.334 e. The highest BCUT2D eigenvalue weighted by atomic mass is 16.2. The standard InChI is InChI=1S/C17H23N3O2/c1-2-11-20(14-15-9-5-6-10-18-15)17(22)16(21)19-12-7-3-4-8-13-19/h2,5-6,9-10H,1,3-4,7-8,11-14H2. The summed E-state index contributed by atoms with van der Waals surface area (Å²) in [5.74, 6) is -0.868. The summed E-state index contributed by atoms with van der Waals surface area (Å²) in [5.41, 5.74) is 0.765. The number of carbonyl (C=O) groups excluding carboxylic acids is 2. The molecule has 0 bridgehead atoms. The van der Waals surface area contributed by atoms with Gasteiger partial charge in [-0.15, -0.1) is 6.58 Å². The molecule has 1 aliphatic rings. The summed E-state index contributed by atoms with van der Waals surface area (Å²) in [6.07, 6.45) is 7.52. The van der Waals surface area contributed by atoms with Gasteiger partial charge in [0.15, 0.2) is 0 Å². The van der Waals surface area contributed by atoms with Crippen molar-refractivity contribution in [2.75, 3.05) is 19.6 Å². The average molecular weight is 301 g/mol. The first-order chi connectivity index (χ1) is 10.7. The van der Waals surface area contributed by atoms with Crippen LogP contribution in [0.1, 0.15) is 31.4 Å². The lowest BCUT2D eigenvalue weighted by molar-refractivity contribution is -0.151. The van der Waals surface area contributed by atoms with Crippen LogP contribution in [0.15, 0.2) is 37.1 Å². The van der Waals surface area contributed by atoms with Crippen LogP contribution in [-0.4, -0.2) is 46.2 Å². The van der Waals surface area contributed by atoms with Crippen LogP contribution in [0.2, 0.25) is 0 Å². The molecule has 0 aliphatic carbocycles. The topological polar surface area (TPSA) is 53.5 Å². The predicted octanol–water partition coefficient (Wildman–Crippen LogP) is 2.00. The third-order valence-electron chi connectivity index (χ3n) is 3.79. The van der Waals surface area contributed by atoms with Crippen LogP contribution < -0.4 is 0 Å². The van der Waals surface area contributed by atoms with Crippen molar-refractivity contribution < 1.29 is 9.59 Å². The van der Waals surface area contributed by atoms with Crippen molar-refractivity contribution in [3.8, 4) is 0 Å². The molecule has 2 amide bonds. The third kappa shape index (κ3) is 4.41. The van der Waals surface area contributed by atoms with E-state index in [0.717, 1.165) is 31.4 Å². The Kier molecular flexibility index (Phi) is 6.13. The summed E-state index contributed by atoms with van der Waals surface area (Å²) in [7, 11) is 0. The van der Waals surface area contributed by atoms with E-state index >= 15 is 0 Å². The normalized spacial score (nSPS) is 15.0. The summed E-state index contributed by atoms with van der Waals surface area (Å²) in [6.45, 7) is 5.69. The number of amides is 2. The molecule has 0 unspecified atom stereocenters. The number of hydrogen-bond acceptors (Lipinski definition) is 3. The van der Waals surface area contributed by atoms with Gasteiger partial charge in [0.25, 0.3) is 0 Å². The van der Waals surface area contributed by atoms with E-state index in [9.17, 15) is 9.59 Å². The molecule has 5 nitrogen and oxygen atoms in total. The molecule has 0 radical (unpaired) electrons. The van der Waals surface area contributed by atoms with Crippen LogP contribution in [0, 0.1) is 0 Å². The predicted molar refractivity (Wildman–Crippen MR) is 84.9 cm³/mol. The highest BCUT2D eigenvalue weighted by molar-refractivity contribution is 6.34. The van der Waals surface area contributed by atoms with Crippen molar-refractivity contribution in [1.29, 1.82) is 0 Å². The molecule has 0 atom stereocenters. The Balaban J connectivity index is 2.04. The van der Waals surface area contributed by atoms with E-state index in [2.05, 4.69) is 11.6 Å². The van der Waals surface area contributed by atoms with Crippen LogP contribution in [-0.2, 0) is 16.1 Å². The second kappa shape index (κ2) is 8.32. The zero-order valence-corrected chi connectivity index (χ0v) is 12.9. The Morgan fingerprint density at radius 2 is 1.95 bits per heavy atom. The summed E-state index contributed by atoms with van der Waals surface area (Å²) < 4.78 is 0. The van der Waals surface area contributed by atoms with E-state index < -0.39 is 11.8 Å². The van der Waals surface area contributed by atoms with Crippen molar-refractivity contribution in [3.05, 3.63) is 42.7 Å². The fourth-order valence-electron chi connectivity index (χ4n) is 2.61. The summed E-state index contributed by atoms with van der Waals surface area (Å²) in [5, 5.41) is 0. The zero-order valence-electron chi connectivity index (χ0n) is 12.9. The van der Waals surface area contributed by atoms with Gasteiger partial charge in [0.2, 0.25) is 0 Å². The SMILES string of the molecule is C=CCN(Cc1ccccn1)C(=O)C(=O)N1CCCCCC1. The maximum Gasteiger partial charge on any atom is 0.312 e. The number of nitrogens with zero attached hydrogens (tertiary/aromatic N) is 3. The van der Waals surface area contributed by atoms with Gasteiger partial charge in [0, 0.05) is 25.8 Å². The van der Waals surface area contributed by atoms with Gasteiger partial charge in [0.05, 0.1) is 12.2 Å². The number of hydrogen-bond donors (Lipinski definition) is 0. The van der Waals surface area contributed by atoms with Crippen LogP contribution in [0.4, 0.5) is 0 Å². The second-order valence-electron chi connectivity index (χ2n) is 5.50. The van der Waals surface area contributed by atoms with Crippen LogP contribution in [0.25, 0.3) is 0 Å². The number of likely N-dealkylation sites (tertiary alicyclic amines) is 1. The molecule has 0 spiro atoms. The molecule has 5 heteroatoms. The Labute approximate surface area is 131 Å². The van der Waals surface area contributed by atoms with Gasteiger partial charge in [-0.2, -0.15) is 0 Å². The quantitative estimate of drug-likeness (QED) is 0.631. The smallest absolute Gasteiger partial charge is 0.312 e. The van der Waals surface area contributed by atoms with E-state index in [-0.39, 0.29) is 0 Å². The molecule has 2 rings (SSSR count). The van der Waals surface area contributed by atoms with Gasteiger partial charge in [-0.3, -0.25) is 14.6 Å².